The number of nitrogens with one attached hydrogen (secondary N) is 1. The van der Waals surface area contributed by atoms with Gasteiger partial charge in [0.25, 0.3) is 5.69 Å². The number of rotatable bonds is 4. The third kappa shape index (κ3) is 2.96. The van der Waals surface area contributed by atoms with Crippen LogP contribution in [0, 0.1) is 24.0 Å². The maximum atomic E-state index is 10.9. The molecule has 0 saturated heterocycles. The number of aryl methyl sites for hydroxylation is 1. The van der Waals surface area contributed by atoms with E-state index in [0.29, 0.717) is 12.1 Å². The molecule has 6 heteroatoms. The number of nitro benzene ring substituents is 1. The summed E-state index contributed by atoms with van der Waals surface area (Å²) >= 11 is 3.48. The van der Waals surface area contributed by atoms with E-state index >= 15 is 0 Å². The average Bonchev–Trinajstić information content (AvgIpc) is 2.41. The maximum absolute atomic E-state index is 10.9. The molecule has 0 atom stereocenters. The molecule has 5 nitrogen and oxygen atoms in total. The van der Waals surface area contributed by atoms with Gasteiger partial charge in [0.15, 0.2) is 0 Å². The lowest BCUT2D eigenvalue weighted by molar-refractivity contribution is -0.385. The van der Waals surface area contributed by atoms with Crippen molar-refractivity contribution in [1.82, 2.24) is 4.98 Å². The van der Waals surface area contributed by atoms with Crippen LogP contribution in [0.25, 0.3) is 0 Å². The van der Waals surface area contributed by atoms with Gasteiger partial charge in [0.2, 0.25) is 0 Å². The summed E-state index contributed by atoms with van der Waals surface area (Å²) in [5.41, 5.74) is 2.78. The van der Waals surface area contributed by atoms with Crippen molar-refractivity contribution < 1.29 is 4.92 Å². The van der Waals surface area contributed by atoms with E-state index in [0.717, 1.165) is 21.4 Å². The number of hydrogen-bond donors (Lipinski definition) is 1. The lowest BCUT2D eigenvalue weighted by Gasteiger charge is -2.11. The van der Waals surface area contributed by atoms with Gasteiger partial charge in [-0.3, -0.25) is 10.1 Å². The molecular weight excluding hydrogens is 322 g/mol. The van der Waals surface area contributed by atoms with Gasteiger partial charge >= 0.3 is 0 Å². The molecule has 1 aromatic heterocycles. The molecule has 1 N–H and O–H groups in total. The zero-order chi connectivity index (χ0) is 14.7. The summed E-state index contributed by atoms with van der Waals surface area (Å²) in [6.45, 7) is 4.23. The summed E-state index contributed by atoms with van der Waals surface area (Å²) in [5.74, 6) is 0.732. The highest BCUT2D eigenvalue weighted by molar-refractivity contribution is 9.10. The van der Waals surface area contributed by atoms with Crippen molar-refractivity contribution in [2.45, 2.75) is 20.4 Å². The zero-order valence-electron chi connectivity index (χ0n) is 11.2. The van der Waals surface area contributed by atoms with E-state index in [-0.39, 0.29) is 10.6 Å². The van der Waals surface area contributed by atoms with Crippen molar-refractivity contribution in [2.24, 2.45) is 0 Å². The van der Waals surface area contributed by atoms with Crippen LogP contribution in [-0.4, -0.2) is 9.91 Å². The standard InChI is InChI=1S/C14H14BrN3O2/c1-9-6-7-16-14(13(9)15)17-8-11-4-3-5-12(10(11)2)18(19)20/h3-7H,8H2,1-2H3,(H,16,17). The van der Waals surface area contributed by atoms with Crippen LogP contribution in [0.5, 0.6) is 0 Å². The molecule has 0 aliphatic carbocycles. The molecule has 1 heterocycles. The molecule has 2 rings (SSSR count). The Labute approximate surface area is 125 Å². The molecule has 2 aromatic rings. The van der Waals surface area contributed by atoms with Crippen molar-refractivity contribution in [3.63, 3.8) is 0 Å². The number of hydrogen-bond acceptors (Lipinski definition) is 4. The van der Waals surface area contributed by atoms with Crippen LogP contribution in [0.2, 0.25) is 0 Å². The van der Waals surface area contributed by atoms with E-state index in [4.69, 9.17) is 0 Å². The Morgan fingerprint density at radius 1 is 1.35 bits per heavy atom. The molecule has 0 fully saturated rings. The van der Waals surface area contributed by atoms with E-state index in [9.17, 15) is 10.1 Å². The molecule has 104 valence electrons. The lowest BCUT2D eigenvalue weighted by atomic mass is 10.1. The monoisotopic (exact) mass is 335 g/mol. The lowest BCUT2D eigenvalue weighted by Crippen LogP contribution is -2.05. The van der Waals surface area contributed by atoms with Gasteiger partial charge in [0.05, 0.1) is 9.40 Å². The molecule has 1 aromatic carbocycles. The quantitative estimate of drug-likeness (QED) is 0.677. The van der Waals surface area contributed by atoms with Crippen LogP contribution in [-0.2, 0) is 6.54 Å². The first kappa shape index (κ1) is 14.5. The summed E-state index contributed by atoms with van der Waals surface area (Å²) in [4.78, 5) is 14.8. The van der Waals surface area contributed by atoms with Crippen LogP contribution < -0.4 is 5.32 Å². The minimum absolute atomic E-state index is 0.139. The third-order valence-corrected chi connectivity index (χ3v) is 4.14. The Balaban J connectivity index is 2.21. The number of pyridine rings is 1. The van der Waals surface area contributed by atoms with Crippen molar-refractivity contribution in [3.8, 4) is 0 Å². The van der Waals surface area contributed by atoms with E-state index < -0.39 is 0 Å². The predicted molar refractivity (Wildman–Crippen MR) is 81.8 cm³/mol. The van der Waals surface area contributed by atoms with E-state index in [1.165, 1.54) is 6.07 Å². The Kier molecular flexibility index (Phi) is 4.34. The second-order valence-corrected chi connectivity index (χ2v) is 5.26. The SMILES string of the molecule is Cc1ccnc(NCc2cccc([N+](=O)[O-])c2C)c1Br. The van der Waals surface area contributed by atoms with Gasteiger partial charge in [-0.1, -0.05) is 12.1 Å². The molecule has 0 bridgehead atoms. The predicted octanol–water partition coefficient (Wildman–Crippen LogP) is 3.98. The first-order valence-electron chi connectivity index (χ1n) is 6.08. The highest BCUT2D eigenvalue weighted by Crippen LogP contribution is 2.25. The fraction of sp³-hybridized carbons (Fsp3) is 0.214. The zero-order valence-corrected chi connectivity index (χ0v) is 12.8. The van der Waals surface area contributed by atoms with E-state index in [2.05, 4.69) is 26.2 Å². The molecule has 0 spiro atoms. The number of halogens is 1. The van der Waals surface area contributed by atoms with E-state index in [1.807, 2.05) is 19.1 Å². The third-order valence-electron chi connectivity index (χ3n) is 3.14. The first-order chi connectivity index (χ1) is 9.50. The van der Waals surface area contributed by atoms with Crippen molar-refractivity contribution in [1.29, 1.82) is 0 Å². The summed E-state index contributed by atoms with van der Waals surface area (Å²) < 4.78 is 0.906. The molecular formula is C14H14BrN3O2. The molecule has 0 aliphatic rings. The Bertz CT molecular complexity index is 659. The topological polar surface area (TPSA) is 68.1 Å². The van der Waals surface area contributed by atoms with Gasteiger partial charge in [-0.05, 0) is 47.0 Å². The van der Waals surface area contributed by atoms with Gasteiger partial charge in [-0.25, -0.2) is 4.98 Å². The maximum Gasteiger partial charge on any atom is 0.272 e. The Morgan fingerprint density at radius 3 is 2.80 bits per heavy atom. The Morgan fingerprint density at radius 2 is 2.10 bits per heavy atom. The van der Waals surface area contributed by atoms with Gasteiger partial charge in [0.1, 0.15) is 5.82 Å². The number of anilines is 1. The molecule has 0 unspecified atom stereocenters. The summed E-state index contributed by atoms with van der Waals surface area (Å²) in [7, 11) is 0. The highest BCUT2D eigenvalue weighted by Gasteiger charge is 2.13. The van der Waals surface area contributed by atoms with E-state index in [1.54, 1.807) is 19.2 Å². The first-order valence-corrected chi connectivity index (χ1v) is 6.88. The number of nitrogens with zero attached hydrogens (tertiary/aromatic N) is 2. The molecule has 0 aliphatic heterocycles. The smallest absolute Gasteiger partial charge is 0.272 e. The molecule has 20 heavy (non-hydrogen) atoms. The van der Waals surface area contributed by atoms with Crippen LogP contribution in [0.1, 0.15) is 16.7 Å². The second-order valence-electron chi connectivity index (χ2n) is 4.46. The van der Waals surface area contributed by atoms with Gasteiger partial charge in [-0.2, -0.15) is 0 Å². The van der Waals surface area contributed by atoms with Crippen LogP contribution >= 0.6 is 15.9 Å². The van der Waals surface area contributed by atoms with Crippen LogP contribution in [0.4, 0.5) is 11.5 Å². The van der Waals surface area contributed by atoms with Crippen molar-refractivity contribution in [2.75, 3.05) is 5.32 Å². The van der Waals surface area contributed by atoms with Crippen LogP contribution in [0.3, 0.4) is 0 Å². The summed E-state index contributed by atoms with van der Waals surface area (Å²) in [6.07, 6.45) is 1.72. The van der Waals surface area contributed by atoms with Crippen molar-refractivity contribution >= 4 is 27.4 Å². The number of nitro groups is 1. The summed E-state index contributed by atoms with van der Waals surface area (Å²) in [6, 6.07) is 6.99. The minimum atomic E-state index is -0.361. The molecule has 0 amide bonds. The number of aromatic nitrogens is 1. The normalized spacial score (nSPS) is 10.3. The number of benzene rings is 1. The van der Waals surface area contributed by atoms with Gasteiger partial charge in [-0.15, -0.1) is 0 Å². The highest BCUT2D eigenvalue weighted by atomic mass is 79.9. The molecule has 0 saturated carbocycles. The summed E-state index contributed by atoms with van der Waals surface area (Å²) in [5, 5.41) is 14.1. The van der Waals surface area contributed by atoms with Gasteiger partial charge in [0, 0.05) is 24.4 Å². The molecule has 0 radical (unpaired) electrons. The van der Waals surface area contributed by atoms with Crippen LogP contribution in [0.15, 0.2) is 34.9 Å². The minimum Gasteiger partial charge on any atom is -0.365 e. The Hall–Kier alpha value is -1.95. The fourth-order valence-electron chi connectivity index (χ4n) is 1.90. The van der Waals surface area contributed by atoms with Gasteiger partial charge < -0.3 is 5.32 Å². The largest absolute Gasteiger partial charge is 0.365 e. The fourth-order valence-corrected chi connectivity index (χ4v) is 2.28. The second kappa shape index (κ2) is 6.00. The average molecular weight is 336 g/mol. The van der Waals surface area contributed by atoms with Crippen molar-refractivity contribution in [3.05, 3.63) is 61.7 Å².